The molecule has 120 valence electrons. The van der Waals surface area contributed by atoms with Crippen molar-refractivity contribution < 1.29 is 4.74 Å². The van der Waals surface area contributed by atoms with Crippen LogP contribution in [0.3, 0.4) is 0 Å². The van der Waals surface area contributed by atoms with E-state index in [1.165, 1.54) is 0 Å². The Hall–Kier alpha value is -2.76. The Morgan fingerprint density at radius 1 is 1.30 bits per heavy atom. The summed E-state index contributed by atoms with van der Waals surface area (Å²) >= 11 is 0. The SMILES string of the molecule is COc1ccc2[nH]c(=O)c(CNc3c(C)nn(C)c3C)cc2c1. The molecule has 0 bridgehead atoms. The van der Waals surface area contributed by atoms with Crippen molar-refractivity contribution in [2.75, 3.05) is 12.4 Å². The predicted octanol–water partition coefficient (Wildman–Crippen LogP) is 2.50. The van der Waals surface area contributed by atoms with Gasteiger partial charge >= 0.3 is 0 Å². The minimum atomic E-state index is -0.0886. The molecule has 3 rings (SSSR count). The third kappa shape index (κ3) is 2.79. The van der Waals surface area contributed by atoms with Gasteiger partial charge in [-0.05, 0) is 38.1 Å². The predicted molar refractivity (Wildman–Crippen MR) is 91.1 cm³/mol. The molecular weight excluding hydrogens is 292 g/mol. The van der Waals surface area contributed by atoms with Crippen molar-refractivity contribution in [3.63, 3.8) is 0 Å². The van der Waals surface area contributed by atoms with Gasteiger partial charge in [0.05, 0.1) is 24.2 Å². The van der Waals surface area contributed by atoms with E-state index in [2.05, 4.69) is 15.4 Å². The number of fused-ring (bicyclic) bond motifs is 1. The summed E-state index contributed by atoms with van der Waals surface area (Å²) in [5.41, 5.74) is 4.32. The molecule has 0 fully saturated rings. The number of aromatic amines is 1. The number of hydrogen-bond donors (Lipinski definition) is 2. The highest BCUT2D eigenvalue weighted by atomic mass is 16.5. The van der Waals surface area contributed by atoms with Crippen LogP contribution in [0.2, 0.25) is 0 Å². The van der Waals surface area contributed by atoms with Gasteiger partial charge in [-0.15, -0.1) is 0 Å². The van der Waals surface area contributed by atoms with Crippen LogP contribution < -0.4 is 15.6 Å². The molecule has 0 radical (unpaired) electrons. The normalized spacial score (nSPS) is 11.0. The van der Waals surface area contributed by atoms with E-state index in [0.29, 0.717) is 12.1 Å². The topological polar surface area (TPSA) is 71.9 Å². The molecule has 2 heterocycles. The Morgan fingerprint density at radius 3 is 2.74 bits per heavy atom. The Bertz CT molecular complexity index is 924. The van der Waals surface area contributed by atoms with Crippen LogP contribution in [0.15, 0.2) is 29.1 Å². The first-order valence-corrected chi connectivity index (χ1v) is 7.43. The fourth-order valence-corrected chi connectivity index (χ4v) is 2.70. The largest absolute Gasteiger partial charge is 0.497 e. The lowest BCUT2D eigenvalue weighted by Crippen LogP contribution is -2.16. The summed E-state index contributed by atoms with van der Waals surface area (Å²) in [6.45, 7) is 4.39. The summed E-state index contributed by atoms with van der Waals surface area (Å²) in [6, 6.07) is 7.49. The molecule has 0 spiro atoms. The van der Waals surface area contributed by atoms with Crippen LogP contribution >= 0.6 is 0 Å². The first-order valence-electron chi connectivity index (χ1n) is 7.43. The van der Waals surface area contributed by atoms with Gasteiger partial charge in [0.2, 0.25) is 0 Å². The zero-order valence-corrected chi connectivity index (χ0v) is 13.7. The molecular formula is C17H20N4O2. The molecule has 23 heavy (non-hydrogen) atoms. The molecule has 0 unspecified atom stereocenters. The second-order valence-electron chi connectivity index (χ2n) is 5.60. The van der Waals surface area contributed by atoms with Crippen LogP contribution in [0.5, 0.6) is 5.75 Å². The van der Waals surface area contributed by atoms with E-state index in [-0.39, 0.29) is 5.56 Å². The molecule has 1 aromatic carbocycles. The van der Waals surface area contributed by atoms with Crippen LogP contribution in [0.4, 0.5) is 5.69 Å². The second kappa shape index (κ2) is 5.79. The summed E-state index contributed by atoms with van der Waals surface area (Å²) in [5.74, 6) is 0.766. The van der Waals surface area contributed by atoms with Crippen molar-refractivity contribution in [2.24, 2.45) is 7.05 Å². The van der Waals surface area contributed by atoms with E-state index in [1.807, 2.05) is 49.8 Å². The fraction of sp³-hybridized carbons (Fsp3) is 0.294. The summed E-state index contributed by atoms with van der Waals surface area (Å²) in [5, 5.41) is 8.63. The van der Waals surface area contributed by atoms with Crippen LogP contribution in [0, 0.1) is 13.8 Å². The minimum absolute atomic E-state index is 0.0886. The number of ether oxygens (including phenoxy) is 1. The van der Waals surface area contributed by atoms with E-state index in [0.717, 1.165) is 33.7 Å². The van der Waals surface area contributed by atoms with Gasteiger partial charge in [-0.2, -0.15) is 5.10 Å². The lowest BCUT2D eigenvalue weighted by Gasteiger charge is -2.08. The van der Waals surface area contributed by atoms with Gasteiger partial charge in [-0.3, -0.25) is 9.48 Å². The third-order valence-corrected chi connectivity index (χ3v) is 4.09. The maximum atomic E-state index is 12.2. The van der Waals surface area contributed by atoms with Gasteiger partial charge in [0, 0.05) is 30.1 Å². The Labute approximate surface area is 134 Å². The third-order valence-electron chi connectivity index (χ3n) is 4.09. The average molecular weight is 312 g/mol. The van der Waals surface area contributed by atoms with E-state index in [4.69, 9.17) is 4.74 Å². The van der Waals surface area contributed by atoms with E-state index >= 15 is 0 Å². The van der Waals surface area contributed by atoms with Gasteiger partial charge in [0.25, 0.3) is 5.56 Å². The number of rotatable bonds is 4. The van der Waals surface area contributed by atoms with Crippen molar-refractivity contribution in [2.45, 2.75) is 20.4 Å². The smallest absolute Gasteiger partial charge is 0.253 e. The molecule has 0 aliphatic carbocycles. The molecule has 6 heteroatoms. The van der Waals surface area contributed by atoms with Gasteiger partial charge in [-0.1, -0.05) is 0 Å². The molecule has 0 amide bonds. The Kier molecular flexibility index (Phi) is 3.82. The maximum Gasteiger partial charge on any atom is 0.253 e. The van der Waals surface area contributed by atoms with Gasteiger partial charge in [0.1, 0.15) is 5.75 Å². The zero-order valence-electron chi connectivity index (χ0n) is 13.7. The van der Waals surface area contributed by atoms with Gasteiger partial charge in [0.15, 0.2) is 0 Å². The second-order valence-corrected chi connectivity index (χ2v) is 5.60. The fourth-order valence-electron chi connectivity index (χ4n) is 2.70. The lowest BCUT2D eigenvalue weighted by atomic mass is 10.1. The molecule has 0 saturated carbocycles. The zero-order chi connectivity index (χ0) is 16.6. The maximum absolute atomic E-state index is 12.2. The first-order chi connectivity index (χ1) is 11.0. The summed E-state index contributed by atoms with van der Waals surface area (Å²) in [4.78, 5) is 15.1. The number of H-pyrrole nitrogens is 1. The van der Waals surface area contributed by atoms with Crippen molar-refractivity contribution in [3.05, 3.63) is 51.6 Å². The molecule has 6 nitrogen and oxygen atoms in total. The molecule has 3 aromatic rings. The van der Waals surface area contributed by atoms with Crippen molar-refractivity contribution >= 4 is 16.6 Å². The Morgan fingerprint density at radius 2 is 2.09 bits per heavy atom. The van der Waals surface area contributed by atoms with Crippen LogP contribution in [0.1, 0.15) is 17.0 Å². The number of nitrogens with zero attached hydrogens (tertiary/aromatic N) is 2. The van der Waals surface area contributed by atoms with E-state index in [1.54, 1.807) is 7.11 Å². The van der Waals surface area contributed by atoms with Gasteiger partial charge < -0.3 is 15.0 Å². The molecule has 2 aromatic heterocycles. The highest BCUT2D eigenvalue weighted by molar-refractivity contribution is 5.80. The lowest BCUT2D eigenvalue weighted by molar-refractivity contribution is 0.415. The van der Waals surface area contributed by atoms with E-state index < -0.39 is 0 Å². The first kappa shape index (κ1) is 15.1. The number of aromatic nitrogens is 3. The molecule has 2 N–H and O–H groups in total. The molecule has 0 aliphatic rings. The quantitative estimate of drug-likeness (QED) is 0.776. The van der Waals surface area contributed by atoms with E-state index in [9.17, 15) is 4.79 Å². The van der Waals surface area contributed by atoms with Gasteiger partial charge in [-0.25, -0.2) is 0 Å². The molecule has 0 atom stereocenters. The summed E-state index contributed by atoms with van der Waals surface area (Å²) in [7, 11) is 3.53. The standard InChI is InChI=1S/C17H20N4O2/c1-10-16(11(2)21(3)20-10)18-9-13-7-12-8-14(23-4)5-6-15(12)19-17(13)22/h5-8,18H,9H2,1-4H3,(H,19,22). The Balaban J connectivity index is 1.93. The van der Waals surface area contributed by atoms with Crippen molar-refractivity contribution in [1.29, 1.82) is 0 Å². The minimum Gasteiger partial charge on any atom is -0.497 e. The number of hydrogen-bond acceptors (Lipinski definition) is 4. The number of nitrogens with one attached hydrogen (secondary N) is 2. The number of methoxy groups -OCH3 is 1. The highest BCUT2D eigenvalue weighted by Gasteiger charge is 2.10. The summed E-state index contributed by atoms with van der Waals surface area (Å²) in [6.07, 6.45) is 0. The number of pyridine rings is 1. The number of aryl methyl sites for hydroxylation is 2. The molecule has 0 aliphatic heterocycles. The van der Waals surface area contributed by atoms with Crippen LogP contribution in [-0.2, 0) is 13.6 Å². The monoisotopic (exact) mass is 312 g/mol. The van der Waals surface area contributed by atoms with Crippen LogP contribution in [-0.4, -0.2) is 21.9 Å². The van der Waals surface area contributed by atoms with Crippen molar-refractivity contribution in [1.82, 2.24) is 14.8 Å². The molecule has 0 saturated heterocycles. The summed E-state index contributed by atoms with van der Waals surface area (Å²) < 4.78 is 7.06. The van der Waals surface area contributed by atoms with Crippen LogP contribution in [0.25, 0.3) is 10.9 Å². The van der Waals surface area contributed by atoms with Crippen molar-refractivity contribution in [3.8, 4) is 5.75 Å². The number of anilines is 1. The average Bonchev–Trinajstić information content (AvgIpc) is 2.78. The highest BCUT2D eigenvalue weighted by Crippen LogP contribution is 2.21. The number of benzene rings is 1.